The van der Waals surface area contributed by atoms with Crippen LogP contribution in [-0.2, 0) is 12.7 Å². The number of nitrogens with one attached hydrogen (secondary N) is 1. The van der Waals surface area contributed by atoms with Gasteiger partial charge in [-0.05, 0) is 50.3 Å². The molecule has 190 valence electrons. The van der Waals surface area contributed by atoms with Crippen molar-refractivity contribution >= 4 is 28.8 Å². The van der Waals surface area contributed by atoms with Gasteiger partial charge in [0.15, 0.2) is 5.01 Å². The maximum atomic E-state index is 13.9. The van der Waals surface area contributed by atoms with Crippen molar-refractivity contribution in [1.82, 2.24) is 19.8 Å². The zero-order valence-corrected chi connectivity index (χ0v) is 20.5. The fourth-order valence-corrected chi connectivity index (χ4v) is 4.83. The Balaban J connectivity index is 1.52. The fourth-order valence-electron chi connectivity index (χ4n) is 4.09. The summed E-state index contributed by atoms with van der Waals surface area (Å²) >= 11 is 1.03. The Morgan fingerprint density at radius 1 is 1.22 bits per heavy atom. The van der Waals surface area contributed by atoms with Gasteiger partial charge in [-0.2, -0.15) is 13.2 Å². The highest BCUT2D eigenvalue weighted by atomic mass is 32.1. The van der Waals surface area contributed by atoms with Crippen molar-refractivity contribution in [2.24, 2.45) is 5.73 Å². The minimum absolute atomic E-state index is 0.0378. The first kappa shape index (κ1) is 25.7. The van der Waals surface area contributed by atoms with E-state index in [-0.39, 0.29) is 28.4 Å². The summed E-state index contributed by atoms with van der Waals surface area (Å²) < 4.78 is 41.6. The van der Waals surface area contributed by atoms with Gasteiger partial charge in [0.05, 0.1) is 16.1 Å². The number of likely N-dealkylation sites (tertiary alicyclic amines) is 1. The number of amides is 2. The Labute approximate surface area is 209 Å². The highest BCUT2D eigenvalue weighted by Crippen LogP contribution is 2.35. The smallest absolute Gasteiger partial charge is 0.364 e. The lowest BCUT2D eigenvalue weighted by Gasteiger charge is -2.22. The first-order valence-electron chi connectivity index (χ1n) is 11.1. The van der Waals surface area contributed by atoms with Crippen molar-refractivity contribution in [1.29, 1.82) is 0 Å². The molecule has 4 rings (SSSR count). The van der Waals surface area contributed by atoms with E-state index in [9.17, 15) is 22.8 Å². The number of carbonyl (C=O) groups excluding carboxylic acids is 2. The van der Waals surface area contributed by atoms with E-state index in [1.165, 1.54) is 36.7 Å². The second kappa shape index (κ2) is 10.3. The summed E-state index contributed by atoms with van der Waals surface area (Å²) in [4.78, 5) is 36.8. The molecule has 36 heavy (non-hydrogen) atoms. The van der Waals surface area contributed by atoms with Gasteiger partial charge >= 0.3 is 6.18 Å². The number of primary amides is 1. The van der Waals surface area contributed by atoms with E-state index in [2.05, 4.69) is 20.2 Å². The molecule has 12 heteroatoms. The molecule has 0 radical (unpaired) electrons. The van der Waals surface area contributed by atoms with E-state index in [0.717, 1.165) is 30.4 Å². The van der Waals surface area contributed by atoms with Crippen molar-refractivity contribution < 1.29 is 22.8 Å². The van der Waals surface area contributed by atoms with Crippen LogP contribution >= 0.6 is 11.3 Å². The van der Waals surface area contributed by atoms with Gasteiger partial charge in [-0.1, -0.05) is 6.07 Å². The number of likely N-dealkylation sites (N-methyl/N-ethyl adjacent to an activating group) is 1. The number of anilines is 1. The van der Waals surface area contributed by atoms with E-state index in [4.69, 9.17) is 5.73 Å². The average molecular weight is 519 g/mol. The van der Waals surface area contributed by atoms with Gasteiger partial charge in [0.2, 0.25) is 0 Å². The molecule has 1 aromatic carbocycles. The van der Waals surface area contributed by atoms with Crippen molar-refractivity contribution in [3.05, 3.63) is 64.4 Å². The van der Waals surface area contributed by atoms with Crippen molar-refractivity contribution in [3.63, 3.8) is 0 Å². The Hall–Kier alpha value is -3.35. The SMILES string of the molecule is CN(C)[C@@H]1CCN(Cc2ccc(NC(=O)c3ccnc(-c4cnc(C(N)=O)s4)c3)cc2C(F)(F)F)C1. The van der Waals surface area contributed by atoms with Gasteiger partial charge < -0.3 is 16.0 Å². The minimum atomic E-state index is -4.56. The molecule has 2 aromatic heterocycles. The lowest BCUT2D eigenvalue weighted by atomic mass is 10.0. The van der Waals surface area contributed by atoms with Crippen LogP contribution in [0.4, 0.5) is 18.9 Å². The first-order chi connectivity index (χ1) is 17.0. The van der Waals surface area contributed by atoms with Crippen LogP contribution in [0.5, 0.6) is 0 Å². The molecule has 1 aliphatic rings. The number of rotatable bonds is 7. The van der Waals surface area contributed by atoms with Crippen LogP contribution in [0.2, 0.25) is 0 Å². The highest BCUT2D eigenvalue weighted by Gasteiger charge is 2.35. The number of thiazole rings is 1. The van der Waals surface area contributed by atoms with Gasteiger partial charge in [0.25, 0.3) is 11.8 Å². The van der Waals surface area contributed by atoms with Crippen LogP contribution in [-0.4, -0.2) is 64.8 Å². The third-order valence-corrected chi connectivity index (χ3v) is 7.07. The molecule has 1 atom stereocenters. The van der Waals surface area contributed by atoms with E-state index in [1.54, 1.807) is 0 Å². The molecular formula is C24H25F3N6O2S. The Morgan fingerprint density at radius 2 is 2.00 bits per heavy atom. The standard InChI is InChI=1S/C24H25F3N6O2S/c1-32(2)17-6-8-33(13-17)12-15-3-4-16(10-18(15)24(25,26)27)31-22(35)14-5-7-29-19(9-14)20-11-30-23(36-20)21(28)34/h3-5,7,9-11,17H,6,8,12-13H2,1-2H3,(H2,28,34)(H,31,35)/t17-/m1/s1. The lowest BCUT2D eigenvalue weighted by molar-refractivity contribution is -0.138. The van der Waals surface area contributed by atoms with Gasteiger partial charge in [-0.25, -0.2) is 4.98 Å². The van der Waals surface area contributed by atoms with Crippen LogP contribution in [0.15, 0.2) is 42.7 Å². The second-order valence-corrected chi connectivity index (χ2v) is 9.82. The largest absolute Gasteiger partial charge is 0.416 e. The van der Waals surface area contributed by atoms with E-state index >= 15 is 0 Å². The average Bonchev–Trinajstić information content (AvgIpc) is 3.50. The Bertz CT molecular complexity index is 1280. The number of pyridine rings is 1. The van der Waals surface area contributed by atoms with Gasteiger partial charge in [-0.3, -0.25) is 19.5 Å². The summed E-state index contributed by atoms with van der Waals surface area (Å²) in [5, 5.41) is 2.65. The monoisotopic (exact) mass is 518 g/mol. The third kappa shape index (κ3) is 5.89. The number of nitrogens with zero attached hydrogens (tertiary/aromatic N) is 4. The van der Waals surface area contributed by atoms with Gasteiger partial charge in [0.1, 0.15) is 0 Å². The summed E-state index contributed by atoms with van der Waals surface area (Å²) in [7, 11) is 3.93. The molecule has 3 aromatic rings. The number of hydrogen-bond acceptors (Lipinski definition) is 7. The quantitative estimate of drug-likeness (QED) is 0.494. The topological polar surface area (TPSA) is 104 Å². The molecule has 2 amide bonds. The van der Waals surface area contributed by atoms with Gasteiger partial charge in [-0.15, -0.1) is 11.3 Å². The van der Waals surface area contributed by atoms with Crippen LogP contribution < -0.4 is 11.1 Å². The summed E-state index contributed by atoms with van der Waals surface area (Å²) in [6.07, 6.45) is -0.841. The number of halogens is 3. The highest BCUT2D eigenvalue weighted by molar-refractivity contribution is 7.16. The van der Waals surface area contributed by atoms with E-state index in [0.29, 0.717) is 23.2 Å². The van der Waals surface area contributed by atoms with Crippen LogP contribution in [0.3, 0.4) is 0 Å². The molecule has 0 saturated carbocycles. The zero-order chi connectivity index (χ0) is 26.0. The molecule has 1 saturated heterocycles. The summed E-state index contributed by atoms with van der Waals surface area (Å²) in [6.45, 7) is 1.61. The number of benzene rings is 1. The number of carbonyl (C=O) groups is 2. The molecule has 0 bridgehead atoms. The Kier molecular flexibility index (Phi) is 7.38. The van der Waals surface area contributed by atoms with Crippen LogP contribution in [0.1, 0.15) is 37.7 Å². The van der Waals surface area contributed by atoms with Crippen LogP contribution in [0.25, 0.3) is 10.6 Å². The molecule has 1 fully saturated rings. The predicted molar refractivity (Wildman–Crippen MR) is 131 cm³/mol. The predicted octanol–water partition coefficient (Wildman–Crippen LogP) is 3.71. The van der Waals surface area contributed by atoms with Crippen LogP contribution in [0, 0.1) is 0 Å². The molecule has 0 aliphatic carbocycles. The number of nitrogens with two attached hydrogens (primary N) is 1. The van der Waals surface area contributed by atoms with Crippen molar-refractivity contribution in [2.45, 2.75) is 25.2 Å². The maximum absolute atomic E-state index is 13.9. The molecule has 1 aliphatic heterocycles. The zero-order valence-electron chi connectivity index (χ0n) is 19.7. The maximum Gasteiger partial charge on any atom is 0.416 e. The van der Waals surface area contributed by atoms with E-state index < -0.39 is 23.6 Å². The summed E-state index contributed by atoms with van der Waals surface area (Å²) in [5.41, 5.74) is 5.24. The molecule has 3 N–H and O–H groups in total. The van der Waals surface area contributed by atoms with Crippen molar-refractivity contribution in [3.8, 4) is 10.6 Å². The van der Waals surface area contributed by atoms with Crippen molar-refractivity contribution in [2.75, 3.05) is 32.5 Å². The molecule has 3 heterocycles. The third-order valence-electron chi connectivity index (χ3n) is 6.04. The number of hydrogen-bond donors (Lipinski definition) is 2. The minimum Gasteiger partial charge on any atom is -0.364 e. The molecule has 0 unspecified atom stereocenters. The fraction of sp³-hybridized carbons (Fsp3) is 0.333. The first-order valence-corrected chi connectivity index (χ1v) is 11.9. The normalized spacial score (nSPS) is 16.4. The molecule has 8 nitrogen and oxygen atoms in total. The summed E-state index contributed by atoms with van der Waals surface area (Å²) in [5.74, 6) is -1.26. The second-order valence-electron chi connectivity index (χ2n) is 8.79. The van der Waals surface area contributed by atoms with Gasteiger partial charge in [0, 0.05) is 49.3 Å². The lowest BCUT2D eigenvalue weighted by Crippen LogP contribution is -2.31. The number of aromatic nitrogens is 2. The Morgan fingerprint density at radius 3 is 2.64 bits per heavy atom. The van der Waals surface area contributed by atoms with E-state index in [1.807, 2.05) is 19.0 Å². The number of alkyl halides is 3. The summed E-state index contributed by atoms with van der Waals surface area (Å²) in [6, 6.07) is 7.10. The molecule has 0 spiro atoms. The molecular weight excluding hydrogens is 493 g/mol.